The van der Waals surface area contributed by atoms with Gasteiger partial charge in [-0.2, -0.15) is 13.2 Å². The molecule has 1 aromatic rings. The fraction of sp³-hybridized carbons (Fsp3) is 0.222. The van der Waals surface area contributed by atoms with E-state index in [2.05, 4.69) is 5.32 Å². The molecule has 0 heterocycles. The number of anilines is 1. The lowest BCUT2D eigenvalue weighted by atomic mass is 10.1. The van der Waals surface area contributed by atoms with Gasteiger partial charge >= 0.3 is 6.18 Å². The van der Waals surface area contributed by atoms with E-state index in [-0.39, 0.29) is 11.3 Å². The molecule has 0 aliphatic rings. The number of carbonyl (C=O) groups excluding carboxylic acids is 1. The molecule has 3 N–H and O–H groups in total. The van der Waals surface area contributed by atoms with E-state index in [1.165, 1.54) is 13.1 Å². The number of hydrogen-bond acceptors (Lipinski definition) is 2. The van der Waals surface area contributed by atoms with E-state index in [9.17, 15) is 18.0 Å². The fourth-order valence-corrected chi connectivity index (χ4v) is 1.26. The third-order valence-corrected chi connectivity index (χ3v) is 1.89. The zero-order valence-corrected chi connectivity index (χ0v) is 7.85. The molecular weight excluding hydrogens is 209 g/mol. The Labute approximate surface area is 84.1 Å². The number of para-hydroxylation sites is 1. The van der Waals surface area contributed by atoms with Crippen LogP contribution in [0, 0.1) is 0 Å². The van der Waals surface area contributed by atoms with E-state index in [1.807, 2.05) is 0 Å². The minimum Gasteiger partial charge on any atom is -0.387 e. The van der Waals surface area contributed by atoms with E-state index in [0.29, 0.717) is 0 Å². The smallest absolute Gasteiger partial charge is 0.387 e. The second kappa shape index (κ2) is 3.80. The van der Waals surface area contributed by atoms with E-state index in [0.717, 1.165) is 12.1 Å². The summed E-state index contributed by atoms with van der Waals surface area (Å²) >= 11 is 0. The number of amides is 1. The van der Waals surface area contributed by atoms with E-state index >= 15 is 0 Å². The Morgan fingerprint density at radius 2 is 2.00 bits per heavy atom. The monoisotopic (exact) mass is 218 g/mol. The first-order valence-electron chi connectivity index (χ1n) is 4.05. The maximum Gasteiger partial charge on any atom is 0.418 e. The van der Waals surface area contributed by atoms with Crippen LogP contribution in [0.5, 0.6) is 0 Å². The number of benzene rings is 1. The lowest BCUT2D eigenvalue weighted by Gasteiger charge is -2.14. The van der Waals surface area contributed by atoms with Gasteiger partial charge in [-0.1, -0.05) is 6.07 Å². The lowest BCUT2D eigenvalue weighted by Crippen LogP contribution is -2.17. The van der Waals surface area contributed by atoms with E-state index in [4.69, 9.17) is 5.73 Å². The number of carbonyl (C=O) groups is 1. The first-order valence-corrected chi connectivity index (χ1v) is 4.05. The second-order valence-electron chi connectivity index (χ2n) is 2.84. The zero-order chi connectivity index (χ0) is 11.6. The van der Waals surface area contributed by atoms with Crippen molar-refractivity contribution in [2.75, 3.05) is 12.4 Å². The van der Waals surface area contributed by atoms with Gasteiger partial charge in [0.1, 0.15) is 0 Å². The van der Waals surface area contributed by atoms with Gasteiger partial charge < -0.3 is 11.1 Å². The minimum absolute atomic E-state index is 0.174. The molecule has 3 nitrogen and oxygen atoms in total. The van der Waals surface area contributed by atoms with Crippen molar-refractivity contribution in [2.24, 2.45) is 5.73 Å². The molecule has 6 heteroatoms. The van der Waals surface area contributed by atoms with Crippen LogP contribution in [0.3, 0.4) is 0 Å². The van der Waals surface area contributed by atoms with Crippen molar-refractivity contribution in [2.45, 2.75) is 6.18 Å². The molecule has 15 heavy (non-hydrogen) atoms. The van der Waals surface area contributed by atoms with E-state index < -0.39 is 17.6 Å². The van der Waals surface area contributed by atoms with Gasteiger partial charge in [-0.25, -0.2) is 0 Å². The van der Waals surface area contributed by atoms with Gasteiger partial charge in [0.05, 0.1) is 16.8 Å². The summed E-state index contributed by atoms with van der Waals surface area (Å²) in [6, 6.07) is 3.27. The molecule has 0 aliphatic heterocycles. The van der Waals surface area contributed by atoms with Crippen molar-refractivity contribution in [1.29, 1.82) is 0 Å². The third kappa shape index (κ3) is 2.20. The standard InChI is InChI=1S/C9H9F3N2O/c1-14-7-5(8(13)15)3-2-4-6(7)9(10,11)12/h2-4,14H,1H3,(H2,13,15). The number of nitrogens with one attached hydrogen (secondary N) is 1. The SMILES string of the molecule is CNc1c(C(N)=O)cccc1C(F)(F)F. The van der Waals surface area contributed by atoms with Gasteiger partial charge in [-0.05, 0) is 12.1 Å². The number of hydrogen-bond donors (Lipinski definition) is 2. The normalized spacial score (nSPS) is 11.2. The van der Waals surface area contributed by atoms with Crippen molar-refractivity contribution in [3.05, 3.63) is 29.3 Å². The zero-order valence-electron chi connectivity index (χ0n) is 7.85. The molecule has 1 aromatic carbocycles. The van der Waals surface area contributed by atoms with E-state index in [1.54, 1.807) is 0 Å². The highest BCUT2D eigenvalue weighted by atomic mass is 19.4. The van der Waals surface area contributed by atoms with Crippen molar-refractivity contribution in [3.8, 4) is 0 Å². The highest BCUT2D eigenvalue weighted by Crippen LogP contribution is 2.36. The summed E-state index contributed by atoms with van der Waals surface area (Å²) < 4.78 is 37.5. The summed E-state index contributed by atoms with van der Waals surface area (Å²) in [7, 11) is 1.30. The molecule has 0 bridgehead atoms. The molecule has 0 saturated carbocycles. The molecule has 82 valence electrons. The van der Waals surface area contributed by atoms with Gasteiger partial charge in [-0.15, -0.1) is 0 Å². The Balaban J connectivity index is 3.42. The van der Waals surface area contributed by atoms with Crippen LogP contribution in [0.2, 0.25) is 0 Å². The van der Waals surface area contributed by atoms with Crippen LogP contribution in [0.1, 0.15) is 15.9 Å². The highest BCUT2D eigenvalue weighted by molar-refractivity contribution is 5.99. The number of alkyl halides is 3. The maximum atomic E-state index is 12.5. The first kappa shape index (κ1) is 11.4. The summed E-state index contributed by atoms with van der Waals surface area (Å²) in [4.78, 5) is 10.9. The first-order chi connectivity index (χ1) is 6.88. The summed E-state index contributed by atoms with van der Waals surface area (Å²) in [5, 5.41) is 2.33. The summed E-state index contributed by atoms with van der Waals surface area (Å²) in [6.07, 6.45) is -4.51. The number of primary amides is 1. The van der Waals surface area contributed by atoms with Crippen LogP contribution in [0.15, 0.2) is 18.2 Å². The predicted molar refractivity (Wildman–Crippen MR) is 49.5 cm³/mol. The molecule has 0 aromatic heterocycles. The second-order valence-corrected chi connectivity index (χ2v) is 2.84. The lowest BCUT2D eigenvalue weighted by molar-refractivity contribution is -0.136. The molecule has 0 spiro atoms. The van der Waals surface area contributed by atoms with Crippen molar-refractivity contribution in [1.82, 2.24) is 0 Å². The molecule has 1 amide bonds. The molecule has 1 rings (SSSR count). The number of rotatable bonds is 2. The van der Waals surface area contributed by atoms with Crippen molar-refractivity contribution in [3.63, 3.8) is 0 Å². The summed E-state index contributed by atoms with van der Waals surface area (Å²) in [6.45, 7) is 0. The third-order valence-electron chi connectivity index (χ3n) is 1.89. The Bertz CT molecular complexity index is 387. The predicted octanol–water partition coefficient (Wildman–Crippen LogP) is 1.85. The van der Waals surface area contributed by atoms with Crippen LogP contribution in [-0.4, -0.2) is 13.0 Å². The Morgan fingerprint density at radius 1 is 1.40 bits per heavy atom. The van der Waals surface area contributed by atoms with Crippen LogP contribution in [0.25, 0.3) is 0 Å². The highest BCUT2D eigenvalue weighted by Gasteiger charge is 2.34. The molecule has 0 radical (unpaired) electrons. The quantitative estimate of drug-likeness (QED) is 0.795. The van der Waals surface area contributed by atoms with Gasteiger partial charge in [0.15, 0.2) is 0 Å². The Kier molecular flexibility index (Phi) is 2.88. The average Bonchev–Trinajstić information content (AvgIpc) is 2.15. The van der Waals surface area contributed by atoms with Crippen LogP contribution >= 0.6 is 0 Å². The number of nitrogens with two attached hydrogens (primary N) is 1. The molecule has 0 saturated heterocycles. The largest absolute Gasteiger partial charge is 0.418 e. The van der Waals surface area contributed by atoms with Gasteiger partial charge in [0.2, 0.25) is 0 Å². The van der Waals surface area contributed by atoms with Gasteiger partial charge in [0, 0.05) is 7.05 Å². The Morgan fingerprint density at radius 3 is 2.40 bits per heavy atom. The Hall–Kier alpha value is -1.72. The molecule has 0 atom stereocenters. The molecule has 0 unspecified atom stereocenters. The van der Waals surface area contributed by atoms with Crippen LogP contribution < -0.4 is 11.1 Å². The topological polar surface area (TPSA) is 55.1 Å². The van der Waals surface area contributed by atoms with Gasteiger partial charge in [-0.3, -0.25) is 4.79 Å². The number of halogens is 3. The molecule has 0 fully saturated rings. The molecular formula is C9H9F3N2O. The van der Waals surface area contributed by atoms with Crippen molar-refractivity contribution >= 4 is 11.6 Å². The average molecular weight is 218 g/mol. The fourth-order valence-electron chi connectivity index (χ4n) is 1.26. The van der Waals surface area contributed by atoms with Crippen molar-refractivity contribution < 1.29 is 18.0 Å². The summed E-state index contributed by atoms with van der Waals surface area (Å²) in [5.74, 6) is -0.898. The van der Waals surface area contributed by atoms with Gasteiger partial charge in [0.25, 0.3) is 5.91 Å². The summed E-state index contributed by atoms with van der Waals surface area (Å²) in [5.41, 5.74) is 3.59. The molecule has 0 aliphatic carbocycles. The minimum atomic E-state index is -4.51. The maximum absolute atomic E-state index is 12.5. The van der Waals surface area contributed by atoms with Crippen LogP contribution in [-0.2, 0) is 6.18 Å². The van der Waals surface area contributed by atoms with Crippen LogP contribution in [0.4, 0.5) is 18.9 Å².